The number of hydrogen-bond acceptors (Lipinski definition) is 3. The summed E-state index contributed by atoms with van der Waals surface area (Å²) in [7, 11) is 0. The first kappa shape index (κ1) is 14.2. The lowest BCUT2D eigenvalue weighted by Crippen LogP contribution is -2.29. The minimum Gasteiger partial charge on any atom is -0.464 e. The molecule has 17 heavy (non-hydrogen) atoms. The van der Waals surface area contributed by atoms with Crippen molar-refractivity contribution < 1.29 is 9.21 Å². The first-order valence-corrected chi connectivity index (χ1v) is 6.76. The molecule has 1 rings (SSSR count). The van der Waals surface area contributed by atoms with Crippen LogP contribution in [-0.4, -0.2) is 16.4 Å². The standard InChI is InChI=1S/C13H21NO2S/c1-9-6-7-11(16-9)10(2)14-12(15)8-17-13(3,4)5/h6-7,10H,8H2,1-5H3,(H,14,15). The van der Waals surface area contributed by atoms with Crippen LogP contribution in [0.3, 0.4) is 0 Å². The highest BCUT2D eigenvalue weighted by molar-refractivity contribution is 8.01. The lowest BCUT2D eigenvalue weighted by molar-refractivity contribution is -0.119. The molecule has 0 aliphatic carbocycles. The van der Waals surface area contributed by atoms with E-state index in [-0.39, 0.29) is 16.7 Å². The largest absolute Gasteiger partial charge is 0.464 e. The highest BCUT2D eigenvalue weighted by Gasteiger charge is 2.16. The molecule has 3 nitrogen and oxygen atoms in total. The third kappa shape index (κ3) is 5.31. The van der Waals surface area contributed by atoms with Gasteiger partial charge in [-0.2, -0.15) is 0 Å². The Kier molecular flexibility index (Phi) is 4.69. The van der Waals surface area contributed by atoms with Crippen LogP contribution in [0.25, 0.3) is 0 Å². The van der Waals surface area contributed by atoms with Gasteiger partial charge in [0.05, 0.1) is 11.8 Å². The van der Waals surface area contributed by atoms with Crippen LogP contribution in [0.15, 0.2) is 16.5 Å². The Morgan fingerprint density at radius 2 is 2.12 bits per heavy atom. The zero-order chi connectivity index (χ0) is 13.1. The fourth-order valence-corrected chi connectivity index (χ4v) is 1.97. The predicted octanol–water partition coefficient (Wildman–Crippen LogP) is 3.30. The van der Waals surface area contributed by atoms with Gasteiger partial charge in [-0.25, -0.2) is 0 Å². The molecule has 0 spiro atoms. The maximum atomic E-state index is 11.7. The molecule has 1 amide bonds. The molecule has 0 saturated carbocycles. The summed E-state index contributed by atoms with van der Waals surface area (Å²) in [5, 5.41) is 2.93. The lowest BCUT2D eigenvalue weighted by Gasteiger charge is -2.18. The van der Waals surface area contributed by atoms with Crippen LogP contribution in [0, 0.1) is 6.92 Å². The van der Waals surface area contributed by atoms with E-state index in [0.717, 1.165) is 11.5 Å². The Hall–Kier alpha value is -0.900. The van der Waals surface area contributed by atoms with Gasteiger partial charge in [0.1, 0.15) is 11.5 Å². The van der Waals surface area contributed by atoms with Crippen molar-refractivity contribution in [2.45, 2.75) is 45.4 Å². The molecule has 0 saturated heterocycles. The van der Waals surface area contributed by atoms with Gasteiger partial charge >= 0.3 is 0 Å². The number of hydrogen-bond donors (Lipinski definition) is 1. The summed E-state index contributed by atoms with van der Waals surface area (Å²) in [6.45, 7) is 10.1. The maximum Gasteiger partial charge on any atom is 0.230 e. The Morgan fingerprint density at radius 3 is 2.59 bits per heavy atom. The van der Waals surface area contributed by atoms with Gasteiger partial charge in [0.2, 0.25) is 5.91 Å². The average Bonchev–Trinajstić information content (AvgIpc) is 2.61. The topological polar surface area (TPSA) is 42.2 Å². The van der Waals surface area contributed by atoms with Crippen molar-refractivity contribution in [1.82, 2.24) is 5.32 Å². The number of carbonyl (C=O) groups is 1. The lowest BCUT2D eigenvalue weighted by atomic mass is 10.2. The molecule has 0 aliphatic heterocycles. The van der Waals surface area contributed by atoms with Gasteiger partial charge in [0, 0.05) is 4.75 Å². The van der Waals surface area contributed by atoms with Crippen molar-refractivity contribution in [3.05, 3.63) is 23.7 Å². The van der Waals surface area contributed by atoms with E-state index in [2.05, 4.69) is 26.1 Å². The molecule has 0 fully saturated rings. The first-order chi connectivity index (χ1) is 7.78. The average molecular weight is 255 g/mol. The zero-order valence-corrected chi connectivity index (χ0v) is 12.0. The third-order valence-electron chi connectivity index (χ3n) is 2.20. The van der Waals surface area contributed by atoms with E-state index in [0.29, 0.717) is 5.75 Å². The monoisotopic (exact) mass is 255 g/mol. The number of carbonyl (C=O) groups excluding carboxylic acids is 1. The molecule has 96 valence electrons. The fourth-order valence-electron chi connectivity index (χ4n) is 1.32. The van der Waals surface area contributed by atoms with E-state index < -0.39 is 0 Å². The fraction of sp³-hybridized carbons (Fsp3) is 0.615. The number of nitrogens with one attached hydrogen (secondary N) is 1. The summed E-state index contributed by atoms with van der Waals surface area (Å²) in [5.74, 6) is 2.20. The Labute approximate surface area is 107 Å². The Morgan fingerprint density at radius 1 is 1.47 bits per heavy atom. The highest BCUT2D eigenvalue weighted by atomic mass is 32.2. The molecular formula is C13H21NO2S. The molecule has 0 bridgehead atoms. The van der Waals surface area contributed by atoms with Crippen molar-refractivity contribution >= 4 is 17.7 Å². The quantitative estimate of drug-likeness (QED) is 0.897. The summed E-state index contributed by atoms with van der Waals surface area (Å²) < 4.78 is 5.58. The van der Waals surface area contributed by atoms with Gasteiger partial charge in [0.15, 0.2) is 0 Å². The van der Waals surface area contributed by atoms with Crippen LogP contribution in [0.2, 0.25) is 0 Å². The molecule has 1 aromatic heterocycles. The maximum absolute atomic E-state index is 11.7. The van der Waals surface area contributed by atoms with E-state index in [1.165, 1.54) is 0 Å². The van der Waals surface area contributed by atoms with E-state index in [4.69, 9.17) is 4.42 Å². The van der Waals surface area contributed by atoms with Crippen LogP contribution in [0.1, 0.15) is 45.3 Å². The molecule has 4 heteroatoms. The van der Waals surface area contributed by atoms with E-state index >= 15 is 0 Å². The van der Waals surface area contributed by atoms with Gasteiger partial charge in [-0.05, 0) is 26.0 Å². The molecule has 0 radical (unpaired) electrons. The summed E-state index contributed by atoms with van der Waals surface area (Å²) in [6, 6.07) is 3.73. The van der Waals surface area contributed by atoms with Crippen LogP contribution in [-0.2, 0) is 4.79 Å². The summed E-state index contributed by atoms with van der Waals surface area (Å²) in [4.78, 5) is 11.7. The second-order valence-electron chi connectivity index (χ2n) is 5.14. The SMILES string of the molecule is Cc1ccc(C(C)NC(=O)CSC(C)(C)C)o1. The van der Waals surface area contributed by atoms with Crippen LogP contribution >= 0.6 is 11.8 Å². The van der Waals surface area contributed by atoms with E-state index in [1.807, 2.05) is 26.0 Å². The minimum atomic E-state index is -0.0724. The predicted molar refractivity (Wildman–Crippen MR) is 72.2 cm³/mol. The van der Waals surface area contributed by atoms with Crippen molar-refractivity contribution in [2.75, 3.05) is 5.75 Å². The first-order valence-electron chi connectivity index (χ1n) is 5.77. The second kappa shape index (κ2) is 5.63. The molecule has 1 unspecified atom stereocenters. The second-order valence-corrected chi connectivity index (χ2v) is 6.94. The molecule has 0 aliphatic rings. The van der Waals surface area contributed by atoms with Gasteiger partial charge in [-0.1, -0.05) is 20.8 Å². The third-order valence-corrected chi connectivity index (χ3v) is 3.47. The molecule has 1 N–H and O–H groups in total. The van der Waals surface area contributed by atoms with Gasteiger partial charge in [-0.15, -0.1) is 11.8 Å². The Bertz CT molecular complexity index is 379. The van der Waals surface area contributed by atoms with Crippen LogP contribution < -0.4 is 5.32 Å². The van der Waals surface area contributed by atoms with Crippen LogP contribution in [0.5, 0.6) is 0 Å². The van der Waals surface area contributed by atoms with E-state index in [1.54, 1.807) is 11.8 Å². The minimum absolute atomic E-state index is 0.0477. The zero-order valence-electron chi connectivity index (χ0n) is 11.2. The number of thioether (sulfide) groups is 1. The number of furan rings is 1. The van der Waals surface area contributed by atoms with E-state index in [9.17, 15) is 4.79 Å². The molecule has 1 atom stereocenters. The summed E-state index contributed by atoms with van der Waals surface area (Å²) in [5.41, 5.74) is 0. The molecular weight excluding hydrogens is 234 g/mol. The molecule has 1 aromatic rings. The van der Waals surface area contributed by atoms with Crippen molar-refractivity contribution in [3.8, 4) is 0 Å². The normalized spacial score (nSPS) is 13.5. The van der Waals surface area contributed by atoms with Crippen molar-refractivity contribution in [1.29, 1.82) is 0 Å². The smallest absolute Gasteiger partial charge is 0.230 e. The number of rotatable bonds is 4. The number of aryl methyl sites for hydroxylation is 1. The van der Waals surface area contributed by atoms with Gasteiger partial charge in [-0.3, -0.25) is 4.79 Å². The van der Waals surface area contributed by atoms with Gasteiger partial charge in [0.25, 0.3) is 0 Å². The van der Waals surface area contributed by atoms with Crippen LogP contribution in [0.4, 0.5) is 0 Å². The summed E-state index contributed by atoms with van der Waals surface area (Å²) in [6.07, 6.45) is 0. The van der Waals surface area contributed by atoms with Crippen molar-refractivity contribution in [3.63, 3.8) is 0 Å². The Balaban J connectivity index is 2.41. The number of amides is 1. The van der Waals surface area contributed by atoms with Crippen molar-refractivity contribution in [2.24, 2.45) is 0 Å². The molecule has 1 heterocycles. The highest BCUT2D eigenvalue weighted by Crippen LogP contribution is 2.23. The van der Waals surface area contributed by atoms with Gasteiger partial charge < -0.3 is 9.73 Å². The molecule has 0 aromatic carbocycles. The summed E-state index contributed by atoms with van der Waals surface area (Å²) >= 11 is 1.64.